The Morgan fingerprint density at radius 1 is 1.30 bits per heavy atom. The van der Waals surface area contributed by atoms with E-state index in [4.69, 9.17) is 10.5 Å². The number of nitrogens with zero attached hydrogens (tertiary/aromatic N) is 1. The number of carbonyl (C=O) groups is 1. The van der Waals surface area contributed by atoms with E-state index in [-0.39, 0.29) is 12.0 Å². The second-order valence-electron chi connectivity index (χ2n) is 4.30. The molecule has 0 spiro atoms. The predicted octanol–water partition coefficient (Wildman–Crippen LogP) is 2.12. The maximum Gasteiger partial charge on any atom is 0.221 e. The van der Waals surface area contributed by atoms with Gasteiger partial charge in [-0.1, -0.05) is 12.1 Å². The standard InChI is InChI=1S/C15H17N3O2/c1-11(19)18-13-4-2-3-5-14(13)20-15(10-16)12-6-8-17-9-7-12/h2-9,15H,10,16H2,1H3,(H,18,19). The zero-order valence-corrected chi connectivity index (χ0v) is 11.2. The fourth-order valence-corrected chi connectivity index (χ4v) is 1.85. The first-order chi connectivity index (χ1) is 9.70. The van der Waals surface area contributed by atoms with E-state index >= 15 is 0 Å². The number of ether oxygens (including phenoxy) is 1. The molecule has 2 rings (SSSR count). The number of hydrogen-bond donors (Lipinski definition) is 2. The molecule has 20 heavy (non-hydrogen) atoms. The van der Waals surface area contributed by atoms with Gasteiger partial charge in [-0.15, -0.1) is 0 Å². The van der Waals surface area contributed by atoms with Gasteiger partial charge in [-0.25, -0.2) is 0 Å². The molecule has 1 amide bonds. The van der Waals surface area contributed by atoms with Crippen LogP contribution in [0.15, 0.2) is 48.8 Å². The lowest BCUT2D eigenvalue weighted by Crippen LogP contribution is -2.19. The van der Waals surface area contributed by atoms with Crippen LogP contribution in [0.5, 0.6) is 5.75 Å². The Balaban J connectivity index is 2.22. The molecule has 0 aliphatic rings. The highest BCUT2D eigenvalue weighted by Gasteiger charge is 2.13. The van der Waals surface area contributed by atoms with E-state index in [1.165, 1.54) is 6.92 Å². The summed E-state index contributed by atoms with van der Waals surface area (Å²) in [7, 11) is 0. The van der Waals surface area contributed by atoms with E-state index in [0.717, 1.165) is 5.56 Å². The minimum absolute atomic E-state index is 0.144. The van der Waals surface area contributed by atoms with Crippen LogP contribution in [0.2, 0.25) is 0 Å². The largest absolute Gasteiger partial charge is 0.482 e. The summed E-state index contributed by atoms with van der Waals surface area (Å²) in [5.74, 6) is 0.448. The number of para-hydroxylation sites is 2. The lowest BCUT2D eigenvalue weighted by Gasteiger charge is -2.19. The second-order valence-corrected chi connectivity index (χ2v) is 4.30. The Kier molecular flexibility index (Phi) is 4.68. The van der Waals surface area contributed by atoms with Crippen LogP contribution in [0.3, 0.4) is 0 Å². The molecule has 2 aromatic rings. The van der Waals surface area contributed by atoms with Crippen molar-refractivity contribution in [3.63, 3.8) is 0 Å². The number of anilines is 1. The summed E-state index contributed by atoms with van der Waals surface area (Å²) in [5.41, 5.74) is 7.35. The van der Waals surface area contributed by atoms with Crippen LogP contribution in [0.1, 0.15) is 18.6 Å². The third kappa shape index (κ3) is 3.55. The van der Waals surface area contributed by atoms with Crippen molar-refractivity contribution in [2.45, 2.75) is 13.0 Å². The van der Waals surface area contributed by atoms with Gasteiger partial charge < -0.3 is 15.8 Å². The van der Waals surface area contributed by atoms with Gasteiger partial charge in [-0.3, -0.25) is 9.78 Å². The highest BCUT2D eigenvalue weighted by Crippen LogP contribution is 2.28. The zero-order chi connectivity index (χ0) is 14.4. The Morgan fingerprint density at radius 3 is 2.65 bits per heavy atom. The molecule has 1 atom stereocenters. The van der Waals surface area contributed by atoms with Crippen LogP contribution in [0.25, 0.3) is 0 Å². The van der Waals surface area contributed by atoms with Gasteiger partial charge in [0.2, 0.25) is 5.91 Å². The highest BCUT2D eigenvalue weighted by molar-refractivity contribution is 5.90. The van der Waals surface area contributed by atoms with Crippen molar-refractivity contribution in [1.82, 2.24) is 4.98 Å². The van der Waals surface area contributed by atoms with Crippen molar-refractivity contribution in [2.24, 2.45) is 5.73 Å². The number of carbonyl (C=O) groups excluding carboxylic acids is 1. The molecule has 1 aromatic carbocycles. The first kappa shape index (κ1) is 14.0. The number of aromatic nitrogens is 1. The first-order valence-corrected chi connectivity index (χ1v) is 6.34. The van der Waals surface area contributed by atoms with E-state index in [1.807, 2.05) is 24.3 Å². The molecule has 0 aliphatic carbocycles. The molecular formula is C15H17N3O2. The molecule has 104 valence electrons. The summed E-state index contributed by atoms with van der Waals surface area (Å²) in [4.78, 5) is 15.2. The molecular weight excluding hydrogens is 254 g/mol. The molecule has 0 bridgehead atoms. The van der Waals surface area contributed by atoms with Crippen LogP contribution < -0.4 is 15.8 Å². The minimum atomic E-state index is -0.284. The molecule has 0 saturated carbocycles. The molecule has 1 heterocycles. The Morgan fingerprint density at radius 2 is 2.00 bits per heavy atom. The van der Waals surface area contributed by atoms with Crippen molar-refractivity contribution < 1.29 is 9.53 Å². The van der Waals surface area contributed by atoms with Gasteiger partial charge in [0, 0.05) is 25.9 Å². The third-order valence-electron chi connectivity index (χ3n) is 2.76. The number of nitrogens with two attached hydrogens (primary N) is 1. The average Bonchev–Trinajstić information content (AvgIpc) is 2.46. The molecule has 0 radical (unpaired) electrons. The van der Waals surface area contributed by atoms with Gasteiger partial charge in [0.05, 0.1) is 5.69 Å². The monoisotopic (exact) mass is 271 g/mol. The van der Waals surface area contributed by atoms with E-state index in [2.05, 4.69) is 10.3 Å². The van der Waals surface area contributed by atoms with E-state index in [9.17, 15) is 4.79 Å². The van der Waals surface area contributed by atoms with Crippen LogP contribution in [0, 0.1) is 0 Å². The zero-order valence-electron chi connectivity index (χ0n) is 11.2. The van der Waals surface area contributed by atoms with E-state index in [0.29, 0.717) is 18.0 Å². The molecule has 0 aliphatic heterocycles. The summed E-state index contributed by atoms with van der Waals surface area (Å²) in [6, 6.07) is 11.0. The predicted molar refractivity (Wildman–Crippen MR) is 77.4 cm³/mol. The van der Waals surface area contributed by atoms with Gasteiger partial charge in [-0.2, -0.15) is 0 Å². The molecule has 0 fully saturated rings. The smallest absolute Gasteiger partial charge is 0.221 e. The van der Waals surface area contributed by atoms with Gasteiger partial charge in [0.25, 0.3) is 0 Å². The SMILES string of the molecule is CC(=O)Nc1ccccc1OC(CN)c1ccncc1. The highest BCUT2D eigenvalue weighted by atomic mass is 16.5. The molecule has 1 aromatic heterocycles. The number of nitrogens with one attached hydrogen (secondary N) is 1. The molecule has 5 nitrogen and oxygen atoms in total. The lowest BCUT2D eigenvalue weighted by molar-refractivity contribution is -0.114. The molecule has 1 unspecified atom stereocenters. The van der Waals surface area contributed by atoms with Crippen LogP contribution >= 0.6 is 0 Å². The van der Waals surface area contributed by atoms with Crippen LogP contribution in [-0.4, -0.2) is 17.4 Å². The van der Waals surface area contributed by atoms with Gasteiger partial charge >= 0.3 is 0 Å². The van der Waals surface area contributed by atoms with Crippen molar-refractivity contribution in [2.75, 3.05) is 11.9 Å². The Hall–Kier alpha value is -2.40. The normalized spacial score (nSPS) is 11.7. The third-order valence-corrected chi connectivity index (χ3v) is 2.76. The van der Waals surface area contributed by atoms with Crippen molar-refractivity contribution in [1.29, 1.82) is 0 Å². The summed E-state index contributed by atoms with van der Waals surface area (Å²) in [6.07, 6.45) is 3.11. The Labute approximate surface area is 117 Å². The minimum Gasteiger partial charge on any atom is -0.482 e. The van der Waals surface area contributed by atoms with E-state index < -0.39 is 0 Å². The maximum atomic E-state index is 11.2. The fourth-order valence-electron chi connectivity index (χ4n) is 1.85. The molecule has 3 N–H and O–H groups in total. The topological polar surface area (TPSA) is 77.2 Å². The number of rotatable bonds is 5. The van der Waals surface area contributed by atoms with Crippen LogP contribution in [0.4, 0.5) is 5.69 Å². The molecule has 0 saturated heterocycles. The second kappa shape index (κ2) is 6.68. The number of amides is 1. The van der Waals surface area contributed by atoms with Crippen molar-refractivity contribution >= 4 is 11.6 Å². The summed E-state index contributed by atoms with van der Waals surface area (Å²) < 4.78 is 5.91. The van der Waals surface area contributed by atoms with Gasteiger partial charge in [0.15, 0.2) is 0 Å². The summed E-state index contributed by atoms with van der Waals surface area (Å²) >= 11 is 0. The summed E-state index contributed by atoms with van der Waals surface area (Å²) in [6.45, 7) is 1.79. The van der Waals surface area contributed by atoms with Crippen molar-refractivity contribution in [3.8, 4) is 5.75 Å². The van der Waals surface area contributed by atoms with E-state index in [1.54, 1.807) is 24.5 Å². The first-order valence-electron chi connectivity index (χ1n) is 6.34. The van der Waals surface area contributed by atoms with Crippen molar-refractivity contribution in [3.05, 3.63) is 54.4 Å². The van der Waals surface area contributed by atoms with Crippen LogP contribution in [-0.2, 0) is 4.79 Å². The Bertz CT molecular complexity index is 572. The summed E-state index contributed by atoms with van der Waals surface area (Å²) in [5, 5.41) is 2.74. The van der Waals surface area contributed by atoms with Gasteiger partial charge in [-0.05, 0) is 29.8 Å². The number of pyridine rings is 1. The maximum absolute atomic E-state index is 11.2. The number of benzene rings is 1. The van der Waals surface area contributed by atoms with Gasteiger partial charge in [0.1, 0.15) is 11.9 Å². The lowest BCUT2D eigenvalue weighted by atomic mass is 10.1. The quantitative estimate of drug-likeness (QED) is 0.873. The fraction of sp³-hybridized carbons (Fsp3) is 0.200. The molecule has 5 heteroatoms. The number of hydrogen-bond acceptors (Lipinski definition) is 4. The average molecular weight is 271 g/mol.